The van der Waals surface area contributed by atoms with Gasteiger partial charge in [0.05, 0.1) is 48.7 Å². The molecule has 0 radical (unpaired) electrons. The summed E-state index contributed by atoms with van der Waals surface area (Å²) in [6.45, 7) is 1.42. The van der Waals surface area contributed by atoms with Crippen LogP contribution in [-0.4, -0.2) is 57.9 Å². The fourth-order valence-corrected chi connectivity index (χ4v) is 5.33. The zero-order chi connectivity index (χ0) is 19.7. The topological polar surface area (TPSA) is 72.2 Å². The first-order chi connectivity index (χ1) is 12.8. The Morgan fingerprint density at radius 2 is 1.86 bits per heavy atom. The molecule has 2 unspecified atom stereocenters. The second kappa shape index (κ2) is 9.16. The molecule has 1 aliphatic heterocycles. The van der Waals surface area contributed by atoms with Gasteiger partial charge in [-0.25, -0.2) is 0 Å². The maximum absolute atomic E-state index is 12.7. The minimum absolute atomic E-state index is 0. The predicted octanol–water partition coefficient (Wildman–Crippen LogP) is 3.36. The molecule has 2 fully saturated rings. The van der Waals surface area contributed by atoms with Crippen LogP contribution in [0, 0.1) is 10.1 Å². The van der Waals surface area contributed by atoms with Gasteiger partial charge in [-0.05, 0) is 12.0 Å². The van der Waals surface area contributed by atoms with Gasteiger partial charge in [-0.2, -0.15) is 0 Å². The van der Waals surface area contributed by atoms with Crippen LogP contribution in [0.15, 0.2) is 30.3 Å². The molecule has 1 saturated carbocycles. The highest BCUT2D eigenvalue weighted by atomic mass is 35.5. The number of halogens is 3. The summed E-state index contributed by atoms with van der Waals surface area (Å²) in [7, 11) is 1.92. The normalized spacial score (nSPS) is 31.6. The number of hydrogen-bond donors (Lipinski definition) is 1. The highest BCUT2D eigenvalue weighted by molar-refractivity contribution is 6.30. The Hall–Kier alpha value is -1.08. The van der Waals surface area contributed by atoms with Crippen molar-refractivity contribution in [1.29, 1.82) is 0 Å². The molecule has 6 nitrogen and oxygen atoms in total. The Kier molecular flexibility index (Phi) is 7.59. The zero-order valence-electron chi connectivity index (χ0n) is 15.9. The van der Waals surface area contributed by atoms with Gasteiger partial charge in [-0.3, -0.25) is 19.4 Å². The van der Waals surface area contributed by atoms with Crippen LogP contribution in [0.2, 0.25) is 0 Å². The van der Waals surface area contributed by atoms with E-state index < -0.39 is 22.5 Å². The van der Waals surface area contributed by atoms with E-state index in [1.807, 2.05) is 37.4 Å². The van der Waals surface area contributed by atoms with Crippen molar-refractivity contribution in [1.82, 2.24) is 5.32 Å². The average molecular weight is 452 g/mol. The highest BCUT2D eigenvalue weighted by Crippen LogP contribution is 2.44. The minimum atomic E-state index is -1.35. The fourth-order valence-electron chi connectivity index (χ4n) is 4.74. The van der Waals surface area contributed by atoms with Gasteiger partial charge in [0.25, 0.3) is 0 Å². The second-order valence-electron chi connectivity index (χ2n) is 7.94. The smallest absolute Gasteiger partial charge is 0.340 e. The number of benzene rings is 1. The number of likely N-dealkylation sites (tertiary alicyclic amines) is 1. The van der Waals surface area contributed by atoms with Crippen LogP contribution in [-0.2, 0) is 11.2 Å². The summed E-state index contributed by atoms with van der Waals surface area (Å²) in [5, 5.41) is 14.5. The summed E-state index contributed by atoms with van der Waals surface area (Å²) in [6, 6.07) is 8.71. The lowest BCUT2D eigenvalue weighted by Crippen LogP contribution is -2.76. The van der Waals surface area contributed by atoms with Crippen LogP contribution in [0.5, 0.6) is 0 Å². The van der Waals surface area contributed by atoms with Gasteiger partial charge >= 0.3 is 5.66 Å². The monoisotopic (exact) mass is 450 g/mol. The van der Waals surface area contributed by atoms with Crippen molar-refractivity contribution < 1.29 is 14.2 Å². The molecule has 0 aromatic heterocycles. The van der Waals surface area contributed by atoms with Crippen molar-refractivity contribution in [3.05, 3.63) is 46.0 Å². The molecule has 1 N–H and O–H groups in total. The van der Waals surface area contributed by atoms with Crippen LogP contribution in [0.25, 0.3) is 0 Å². The van der Waals surface area contributed by atoms with Gasteiger partial charge < -0.3 is 5.32 Å². The average Bonchev–Trinajstić information content (AvgIpc) is 3.06. The number of nitrogens with one attached hydrogen (secondary N) is 1. The van der Waals surface area contributed by atoms with Crippen molar-refractivity contribution >= 4 is 41.5 Å². The summed E-state index contributed by atoms with van der Waals surface area (Å²) < 4.78 is 0.295. The molecule has 0 bridgehead atoms. The van der Waals surface area contributed by atoms with Gasteiger partial charge in [0, 0.05) is 12.8 Å². The maximum atomic E-state index is 12.7. The number of rotatable bonds is 5. The largest absolute Gasteiger partial charge is 0.366 e. The molecule has 1 saturated heterocycles. The maximum Gasteiger partial charge on any atom is 0.366 e. The standard InChI is InChI=1S/C19H25Cl2N3O3.ClH/c1-24(9-5-6-10-24)19(23(26)27)13-16(21)15(20)12-17(19)22-18(25)11-14-7-3-2-4-8-14;/h2-4,7-8,15-17H,5-6,9-13H2,1H3;1H/p+1/t15?,16-,17?,19-;/m1./s1. The SMILES string of the molecule is C[N+]1([C@]2([N+](=O)[O-])C[C@@H](Cl)C(Cl)CC2NC(=O)Cc2ccccc2)CCCC1.Cl. The number of alkyl halides is 2. The van der Waals surface area contributed by atoms with E-state index in [0.717, 1.165) is 18.4 Å². The third-order valence-electron chi connectivity index (χ3n) is 6.25. The van der Waals surface area contributed by atoms with Crippen LogP contribution in [0.3, 0.4) is 0 Å². The first-order valence-corrected chi connectivity index (χ1v) is 10.3. The van der Waals surface area contributed by atoms with E-state index in [1.54, 1.807) is 0 Å². The van der Waals surface area contributed by atoms with Crippen molar-refractivity contribution in [3.63, 3.8) is 0 Å². The molecular formula is C19H27Cl3N3O3+. The number of carbonyl (C=O) groups excluding carboxylic acids is 1. The molecule has 1 aromatic rings. The summed E-state index contributed by atoms with van der Waals surface area (Å²) >= 11 is 12.8. The van der Waals surface area contributed by atoms with E-state index in [2.05, 4.69) is 5.32 Å². The minimum Gasteiger partial charge on any atom is -0.340 e. The van der Waals surface area contributed by atoms with E-state index in [1.165, 1.54) is 0 Å². The molecule has 1 aromatic carbocycles. The Morgan fingerprint density at radius 3 is 2.43 bits per heavy atom. The number of amides is 1. The molecule has 2 aliphatic rings. The van der Waals surface area contributed by atoms with Gasteiger partial charge in [-0.15, -0.1) is 35.6 Å². The third kappa shape index (κ3) is 4.25. The third-order valence-corrected chi connectivity index (χ3v) is 7.32. The number of nitrogens with zero attached hydrogens (tertiary/aromatic N) is 2. The molecule has 28 heavy (non-hydrogen) atoms. The molecule has 0 spiro atoms. The molecule has 1 aliphatic carbocycles. The van der Waals surface area contributed by atoms with E-state index in [9.17, 15) is 14.9 Å². The summed E-state index contributed by atoms with van der Waals surface area (Å²) in [6.07, 6.45) is 2.52. The molecule has 4 atom stereocenters. The first-order valence-electron chi connectivity index (χ1n) is 9.39. The number of quaternary nitrogens is 1. The molecule has 3 rings (SSSR count). The molecule has 156 valence electrons. The van der Waals surface area contributed by atoms with Crippen molar-refractivity contribution in [2.75, 3.05) is 20.1 Å². The van der Waals surface area contributed by atoms with E-state index in [-0.39, 0.29) is 36.1 Å². The molecule has 1 heterocycles. The van der Waals surface area contributed by atoms with E-state index >= 15 is 0 Å². The zero-order valence-corrected chi connectivity index (χ0v) is 18.2. The molecular weight excluding hydrogens is 425 g/mol. The van der Waals surface area contributed by atoms with Gasteiger partial charge in [-0.1, -0.05) is 30.3 Å². The quantitative estimate of drug-likeness (QED) is 0.323. The Balaban J connectivity index is 0.00000280. The molecule has 1 amide bonds. The van der Waals surface area contributed by atoms with Crippen LogP contribution in [0.1, 0.15) is 31.2 Å². The van der Waals surface area contributed by atoms with Crippen molar-refractivity contribution in [2.45, 2.75) is 54.6 Å². The number of nitro groups is 1. The lowest BCUT2D eigenvalue weighted by molar-refractivity contribution is -1.04. The lowest BCUT2D eigenvalue weighted by Gasteiger charge is -2.49. The van der Waals surface area contributed by atoms with Gasteiger partial charge in [0.1, 0.15) is 0 Å². The fraction of sp³-hybridized carbons (Fsp3) is 0.632. The predicted molar refractivity (Wildman–Crippen MR) is 113 cm³/mol. The molecule has 9 heteroatoms. The lowest BCUT2D eigenvalue weighted by atomic mass is 9.81. The highest BCUT2D eigenvalue weighted by Gasteiger charge is 2.69. The Morgan fingerprint density at radius 1 is 1.25 bits per heavy atom. The van der Waals surface area contributed by atoms with Crippen molar-refractivity contribution in [2.24, 2.45) is 0 Å². The first kappa shape index (κ1) is 23.2. The summed E-state index contributed by atoms with van der Waals surface area (Å²) in [5.74, 6) is -0.222. The second-order valence-corrected chi connectivity index (χ2v) is 9.06. The summed E-state index contributed by atoms with van der Waals surface area (Å²) in [4.78, 5) is 24.9. The van der Waals surface area contributed by atoms with Gasteiger partial charge in [0.15, 0.2) is 6.04 Å². The number of carbonyl (C=O) groups is 1. The Labute approximate surface area is 181 Å². The van der Waals surface area contributed by atoms with Crippen LogP contribution in [0.4, 0.5) is 0 Å². The van der Waals surface area contributed by atoms with Crippen LogP contribution >= 0.6 is 35.6 Å². The number of hydrogen-bond acceptors (Lipinski definition) is 3. The van der Waals surface area contributed by atoms with Crippen molar-refractivity contribution in [3.8, 4) is 0 Å². The Bertz CT molecular complexity index is 700. The van der Waals surface area contributed by atoms with Gasteiger partial charge in [0.2, 0.25) is 5.91 Å². The number of likely N-dealkylation sites (N-methyl/N-ethyl adjacent to an activating group) is 1. The van der Waals surface area contributed by atoms with E-state index in [4.69, 9.17) is 23.2 Å². The summed E-state index contributed by atoms with van der Waals surface area (Å²) in [5.41, 5.74) is -0.475. The van der Waals surface area contributed by atoms with Crippen LogP contribution < -0.4 is 5.32 Å². The van der Waals surface area contributed by atoms with E-state index in [0.29, 0.717) is 24.0 Å².